The average molecular weight is 911 g/mol. The van der Waals surface area contributed by atoms with Crippen LogP contribution >= 0.6 is 0 Å². The second-order valence-corrected chi connectivity index (χ2v) is 19.4. The van der Waals surface area contributed by atoms with Gasteiger partial charge in [-0.05, 0) is 38.5 Å². The van der Waals surface area contributed by atoms with Gasteiger partial charge in [-0.3, -0.25) is 4.79 Å². The molecule has 1 aliphatic rings. The lowest BCUT2D eigenvalue weighted by Gasteiger charge is -2.39. The lowest BCUT2D eigenvalue weighted by Crippen LogP contribution is -2.59. The predicted molar refractivity (Wildman–Crippen MR) is 266 cm³/mol. The van der Waals surface area contributed by atoms with E-state index in [-0.39, 0.29) is 19.2 Å². The van der Waals surface area contributed by atoms with E-state index >= 15 is 0 Å². The minimum atomic E-state index is -1.53. The number of aliphatic hydroxyl groups excluding tert-OH is 4. The summed E-state index contributed by atoms with van der Waals surface area (Å²) >= 11 is 0. The molecule has 0 spiro atoms. The van der Waals surface area contributed by atoms with Crippen molar-refractivity contribution in [2.45, 2.75) is 307 Å². The van der Waals surface area contributed by atoms with Crippen LogP contribution < -0.4 is 0 Å². The topological polar surface area (TPSA) is 135 Å². The Bertz CT molecular complexity index is 993. The largest absolute Gasteiger partial charge is 0.457 e. The number of hydrogen-bond donors (Lipinski definition) is 4. The molecule has 6 unspecified atom stereocenters. The van der Waals surface area contributed by atoms with E-state index in [1.807, 2.05) is 0 Å². The van der Waals surface area contributed by atoms with E-state index in [4.69, 9.17) is 18.9 Å². The van der Waals surface area contributed by atoms with Crippen LogP contribution in [-0.4, -0.2) is 89.6 Å². The van der Waals surface area contributed by atoms with Crippen molar-refractivity contribution in [3.05, 3.63) is 12.2 Å². The van der Waals surface area contributed by atoms with Crippen LogP contribution in [0.2, 0.25) is 0 Å². The molecule has 4 N–H and O–H groups in total. The van der Waals surface area contributed by atoms with Crippen molar-refractivity contribution >= 4 is 5.97 Å². The van der Waals surface area contributed by atoms with E-state index in [1.165, 1.54) is 218 Å². The van der Waals surface area contributed by atoms with Gasteiger partial charge < -0.3 is 39.4 Å². The lowest BCUT2D eigenvalue weighted by molar-refractivity contribution is -0.305. The Morgan fingerprint density at radius 1 is 0.484 bits per heavy atom. The van der Waals surface area contributed by atoms with Gasteiger partial charge in [-0.15, -0.1) is 0 Å². The summed E-state index contributed by atoms with van der Waals surface area (Å²) in [6, 6.07) is 0. The Hall–Kier alpha value is -1.07. The Labute approximate surface area is 395 Å². The molecule has 64 heavy (non-hydrogen) atoms. The minimum Gasteiger partial charge on any atom is -0.457 e. The molecule has 0 aromatic rings. The summed E-state index contributed by atoms with van der Waals surface area (Å²) in [6.45, 7) is 4.62. The molecule has 0 radical (unpaired) electrons. The number of aliphatic hydroxyl groups is 4. The molecule has 1 heterocycles. The zero-order valence-corrected chi connectivity index (χ0v) is 42.1. The number of carbonyl (C=O) groups is 1. The minimum absolute atomic E-state index is 0.108. The molecule has 9 nitrogen and oxygen atoms in total. The van der Waals surface area contributed by atoms with Crippen molar-refractivity contribution in [1.29, 1.82) is 0 Å². The van der Waals surface area contributed by atoms with Crippen molar-refractivity contribution in [2.24, 2.45) is 0 Å². The highest BCUT2D eigenvalue weighted by Gasteiger charge is 2.44. The molecule has 1 rings (SSSR count). The number of allylic oxidation sites excluding steroid dienone is 2. The predicted octanol–water partition coefficient (Wildman–Crippen LogP) is 13.9. The molecule has 380 valence electrons. The van der Waals surface area contributed by atoms with Crippen LogP contribution in [0.15, 0.2) is 12.2 Å². The number of esters is 1. The molecule has 0 aromatic carbocycles. The number of unbranched alkanes of at least 4 members (excludes halogenated alkanes) is 36. The first-order valence-electron chi connectivity index (χ1n) is 27.8. The zero-order valence-electron chi connectivity index (χ0n) is 42.1. The van der Waals surface area contributed by atoms with Crippen LogP contribution in [0, 0.1) is 0 Å². The van der Waals surface area contributed by atoms with E-state index in [0.29, 0.717) is 13.0 Å². The normalized spacial score (nSPS) is 19.5. The average Bonchev–Trinajstić information content (AvgIpc) is 3.30. The van der Waals surface area contributed by atoms with Gasteiger partial charge in [0.25, 0.3) is 0 Å². The van der Waals surface area contributed by atoms with Crippen molar-refractivity contribution in [3.63, 3.8) is 0 Å². The van der Waals surface area contributed by atoms with Gasteiger partial charge in [0.2, 0.25) is 0 Å². The molecule has 0 aromatic heterocycles. The highest BCUT2D eigenvalue weighted by Crippen LogP contribution is 2.23. The van der Waals surface area contributed by atoms with Crippen LogP contribution in [-0.2, 0) is 23.7 Å². The van der Waals surface area contributed by atoms with Gasteiger partial charge in [-0.25, -0.2) is 0 Å². The highest BCUT2D eigenvalue weighted by molar-refractivity contribution is 5.69. The van der Waals surface area contributed by atoms with Gasteiger partial charge in [0.1, 0.15) is 30.5 Å². The van der Waals surface area contributed by atoms with Gasteiger partial charge in [-0.2, -0.15) is 0 Å². The second kappa shape index (κ2) is 47.0. The second-order valence-electron chi connectivity index (χ2n) is 19.4. The van der Waals surface area contributed by atoms with Crippen molar-refractivity contribution in [1.82, 2.24) is 0 Å². The first-order valence-corrected chi connectivity index (χ1v) is 27.8. The van der Waals surface area contributed by atoms with Crippen LogP contribution in [0.3, 0.4) is 0 Å². The summed E-state index contributed by atoms with van der Waals surface area (Å²) in [5, 5.41) is 40.3. The Balaban J connectivity index is 2.15. The molecule has 0 saturated carbocycles. The maximum absolute atomic E-state index is 12.9. The first kappa shape index (κ1) is 60.9. The van der Waals surface area contributed by atoms with Gasteiger partial charge >= 0.3 is 5.97 Å². The maximum Gasteiger partial charge on any atom is 0.306 e. The number of carbonyl (C=O) groups excluding carboxylic acids is 1. The Kier molecular flexibility index (Phi) is 44.8. The molecule has 0 aliphatic carbocycles. The third kappa shape index (κ3) is 37.0. The molecule has 6 atom stereocenters. The van der Waals surface area contributed by atoms with Crippen molar-refractivity contribution in [2.75, 3.05) is 26.4 Å². The highest BCUT2D eigenvalue weighted by atomic mass is 16.7. The van der Waals surface area contributed by atoms with E-state index in [1.54, 1.807) is 0 Å². The van der Waals surface area contributed by atoms with Gasteiger partial charge in [-0.1, -0.05) is 238 Å². The summed E-state index contributed by atoms with van der Waals surface area (Å²) in [4.78, 5) is 12.9. The fraction of sp³-hybridized carbons (Fsp3) is 0.945. The van der Waals surface area contributed by atoms with Crippen LogP contribution in [0.4, 0.5) is 0 Å². The number of hydrogen-bond acceptors (Lipinski definition) is 9. The van der Waals surface area contributed by atoms with Crippen LogP contribution in [0.25, 0.3) is 0 Å². The maximum atomic E-state index is 12.9. The fourth-order valence-electron chi connectivity index (χ4n) is 8.84. The lowest BCUT2D eigenvalue weighted by atomic mass is 9.99. The first-order chi connectivity index (χ1) is 31.4. The Morgan fingerprint density at radius 3 is 1.27 bits per heavy atom. The molecule has 9 heteroatoms. The molecule has 1 fully saturated rings. The monoisotopic (exact) mass is 911 g/mol. The van der Waals surface area contributed by atoms with Crippen LogP contribution in [0.5, 0.6) is 0 Å². The smallest absolute Gasteiger partial charge is 0.306 e. The third-order valence-corrected chi connectivity index (χ3v) is 13.2. The molecular formula is C55H106O9. The molecular weight excluding hydrogens is 805 g/mol. The molecule has 0 bridgehead atoms. The van der Waals surface area contributed by atoms with Crippen LogP contribution in [0.1, 0.15) is 271 Å². The number of ether oxygens (including phenoxy) is 4. The fourth-order valence-corrected chi connectivity index (χ4v) is 8.84. The Morgan fingerprint density at radius 2 is 0.859 bits per heavy atom. The van der Waals surface area contributed by atoms with E-state index < -0.39 is 43.4 Å². The SMILES string of the molecule is CCCCCCCC/C=C\CCCCCCCCCCCC(=O)OC(COCCCCCCCCCCCCCCCCCCCCCCCC)COC1OC(CO)C(O)C(O)C1O. The van der Waals surface area contributed by atoms with Gasteiger partial charge in [0.05, 0.1) is 19.8 Å². The van der Waals surface area contributed by atoms with E-state index in [0.717, 1.165) is 32.1 Å². The zero-order chi connectivity index (χ0) is 46.4. The van der Waals surface area contributed by atoms with E-state index in [9.17, 15) is 25.2 Å². The van der Waals surface area contributed by atoms with Gasteiger partial charge in [0.15, 0.2) is 6.29 Å². The van der Waals surface area contributed by atoms with Gasteiger partial charge in [0, 0.05) is 13.0 Å². The molecule has 1 saturated heterocycles. The molecule has 1 aliphatic heterocycles. The quantitative estimate of drug-likeness (QED) is 0.0267. The summed E-state index contributed by atoms with van der Waals surface area (Å²) in [5.74, 6) is -0.309. The third-order valence-electron chi connectivity index (χ3n) is 13.2. The van der Waals surface area contributed by atoms with E-state index in [2.05, 4.69) is 26.0 Å². The molecule has 0 amide bonds. The summed E-state index contributed by atoms with van der Waals surface area (Å²) < 4.78 is 23.0. The summed E-state index contributed by atoms with van der Waals surface area (Å²) in [6.07, 6.45) is 48.2. The summed E-state index contributed by atoms with van der Waals surface area (Å²) in [5.41, 5.74) is 0. The standard InChI is InChI=1S/C55H106O9/c1-3-5-7-9-11-13-15-17-19-21-23-24-25-27-29-31-33-35-37-39-41-43-45-61-47-49(48-62-55-54(60)53(59)52(58)50(46-56)64-55)63-51(57)44-42-40-38-36-34-32-30-28-26-22-20-18-16-14-12-10-8-6-4-2/h18,20,49-50,52-56,58-60H,3-17,19,21-48H2,1-2H3/b20-18-. The van der Waals surface area contributed by atoms with Crippen molar-refractivity contribution in [3.8, 4) is 0 Å². The van der Waals surface area contributed by atoms with Crippen molar-refractivity contribution < 1.29 is 44.2 Å². The summed E-state index contributed by atoms with van der Waals surface area (Å²) in [7, 11) is 0. The number of rotatable bonds is 49.